The van der Waals surface area contributed by atoms with Gasteiger partial charge in [-0.3, -0.25) is 19.3 Å². The monoisotopic (exact) mass is 632 g/mol. The smallest absolute Gasteiger partial charge is 0.250 e. The molecule has 0 bridgehead atoms. The zero-order valence-corrected chi connectivity index (χ0v) is 25.7. The van der Waals surface area contributed by atoms with Gasteiger partial charge in [0.15, 0.2) is 0 Å². The number of amides is 3. The first-order valence-electron chi connectivity index (χ1n) is 14.4. The second kappa shape index (κ2) is 13.3. The zero-order chi connectivity index (χ0) is 31.3. The summed E-state index contributed by atoms with van der Waals surface area (Å²) in [7, 11) is 0. The largest absolute Gasteiger partial charge is 0.366 e. The number of para-hydroxylation sites is 1. The van der Waals surface area contributed by atoms with E-state index in [0.29, 0.717) is 18.7 Å². The molecule has 0 saturated carbocycles. The van der Waals surface area contributed by atoms with Gasteiger partial charge in [-0.25, -0.2) is 0 Å². The van der Waals surface area contributed by atoms with Crippen LogP contribution in [0.1, 0.15) is 44.4 Å². The molecule has 1 aromatic heterocycles. The van der Waals surface area contributed by atoms with E-state index in [2.05, 4.69) is 28.2 Å². The molecule has 7 nitrogen and oxygen atoms in total. The number of aromatic amines is 1. The number of carbonyl (C=O) groups is 3. The van der Waals surface area contributed by atoms with E-state index in [9.17, 15) is 14.4 Å². The Morgan fingerprint density at radius 2 is 1.64 bits per heavy atom. The lowest BCUT2D eigenvalue weighted by Gasteiger charge is -2.25. The quantitative estimate of drug-likeness (QED) is 0.177. The molecular formula is C36H29ClN4O3S. The van der Waals surface area contributed by atoms with E-state index in [1.165, 1.54) is 17.8 Å². The molecule has 1 saturated heterocycles. The van der Waals surface area contributed by atoms with Gasteiger partial charge in [-0.15, -0.1) is 11.8 Å². The topological polar surface area (TPSA) is 108 Å². The highest BCUT2D eigenvalue weighted by molar-refractivity contribution is 8.01. The van der Waals surface area contributed by atoms with E-state index < -0.39 is 16.5 Å². The van der Waals surface area contributed by atoms with Crippen molar-refractivity contribution in [1.29, 1.82) is 0 Å². The molecule has 2 atom stereocenters. The predicted octanol–water partition coefficient (Wildman–Crippen LogP) is 6.22. The van der Waals surface area contributed by atoms with Crippen LogP contribution in [-0.4, -0.2) is 34.5 Å². The van der Waals surface area contributed by atoms with Gasteiger partial charge in [0.2, 0.25) is 17.7 Å². The number of primary amides is 1. The number of halogens is 1. The van der Waals surface area contributed by atoms with E-state index in [4.69, 9.17) is 17.3 Å². The summed E-state index contributed by atoms with van der Waals surface area (Å²) in [6, 6.07) is 30.2. The predicted molar refractivity (Wildman–Crippen MR) is 180 cm³/mol. The second-order valence-corrected chi connectivity index (χ2v) is 12.3. The summed E-state index contributed by atoms with van der Waals surface area (Å²) in [5, 5.41) is 3.23. The van der Waals surface area contributed by atoms with Crippen molar-refractivity contribution in [2.24, 2.45) is 5.73 Å². The molecule has 1 aliphatic rings. The van der Waals surface area contributed by atoms with Crippen LogP contribution in [0.15, 0.2) is 103 Å². The van der Waals surface area contributed by atoms with Crippen molar-refractivity contribution in [1.82, 2.24) is 10.3 Å². The summed E-state index contributed by atoms with van der Waals surface area (Å²) in [5.74, 6) is 5.26. The zero-order valence-electron chi connectivity index (χ0n) is 24.1. The normalized spacial score (nSPS) is 15.9. The molecule has 0 radical (unpaired) electrons. The van der Waals surface area contributed by atoms with Gasteiger partial charge in [0, 0.05) is 46.9 Å². The number of fused-ring (bicyclic) bond motifs is 1. The average Bonchev–Trinajstić information content (AvgIpc) is 3.61. The maximum Gasteiger partial charge on any atom is 0.250 e. The Morgan fingerprint density at radius 1 is 0.933 bits per heavy atom. The first kappa shape index (κ1) is 30.1. The summed E-state index contributed by atoms with van der Waals surface area (Å²) in [6.45, 7) is 0.453. The van der Waals surface area contributed by atoms with Gasteiger partial charge < -0.3 is 16.0 Å². The number of nitrogens with zero attached hydrogens (tertiary/aromatic N) is 1. The molecule has 5 aromatic rings. The van der Waals surface area contributed by atoms with Crippen LogP contribution in [0, 0.1) is 11.8 Å². The average molecular weight is 633 g/mol. The fourth-order valence-electron chi connectivity index (χ4n) is 5.34. The summed E-state index contributed by atoms with van der Waals surface area (Å²) in [6.07, 6.45) is 2.65. The number of aromatic nitrogens is 1. The van der Waals surface area contributed by atoms with Gasteiger partial charge >= 0.3 is 0 Å². The van der Waals surface area contributed by atoms with E-state index in [1.54, 1.807) is 17.0 Å². The first-order valence-corrected chi connectivity index (χ1v) is 15.8. The minimum Gasteiger partial charge on any atom is -0.366 e. The lowest BCUT2D eigenvalue weighted by Crippen LogP contribution is -2.34. The standard InChI is InChI=1S/C36H29ClN4O3S/c37-30-20-27(16-17-29(30)34(38)43)41-35(44)32(21-33(42)39-19-18-26-22-40-31-9-5-4-8-28(26)31)45-36(41)25-14-12-24(13-15-25)11-10-23-6-2-1-3-7-23/h1-9,12-17,20,22,32,36,40H,18-19,21H2,(H2,38,43)(H,39,42)/t32-,36+/m1/s1. The number of nitrogens with one attached hydrogen (secondary N) is 2. The number of H-pyrrole nitrogens is 1. The highest BCUT2D eigenvalue weighted by Gasteiger charge is 2.43. The van der Waals surface area contributed by atoms with Gasteiger partial charge in [-0.05, 0) is 66.1 Å². The number of rotatable bonds is 8. The molecule has 4 aromatic carbocycles. The number of benzene rings is 4. The molecule has 45 heavy (non-hydrogen) atoms. The third-order valence-electron chi connectivity index (χ3n) is 7.62. The van der Waals surface area contributed by atoms with E-state index in [1.807, 2.05) is 79.0 Å². The molecule has 1 aliphatic heterocycles. The Balaban J connectivity index is 1.19. The minimum atomic E-state index is -0.653. The molecule has 6 rings (SSSR count). The van der Waals surface area contributed by atoms with E-state index in [-0.39, 0.29) is 28.8 Å². The molecule has 0 unspecified atom stereocenters. The first-order chi connectivity index (χ1) is 21.9. The number of carbonyl (C=O) groups excluding carboxylic acids is 3. The highest BCUT2D eigenvalue weighted by atomic mass is 35.5. The summed E-state index contributed by atoms with van der Waals surface area (Å²) in [4.78, 5) is 43.6. The molecule has 0 aliphatic carbocycles. The van der Waals surface area contributed by atoms with E-state index >= 15 is 0 Å². The lowest BCUT2D eigenvalue weighted by molar-refractivity contribution is -0.124. The third kappa shape index (κ3) is 6.75. The van der Waals surface area contributed by atoms with Crippen molar-refractivity contribution in [2.75, 3.05) is 11.4 Å². The summed E-state index contributed by atoms with van der Waals surface area (Å²) < 4.78 is 0. The molecule has 224 valence electrons. The van der Waals surface area contributed by atoms with Crippen LogP contribution >= 0.6 is 23.4 Å². The van der Waals surface area contributed by atoms with Crippen LogP contribution in [0.4, 0.5) is 5.69 Å². The molecule has 3 amide bonds. The Labute approximate surface area is 270 Å². The number of nitrogens with two attached hydrogens (primary N) is 1. The van der Waals surface area contributed by atoms with Crippen LogP contribution in [-0.2, 0) is 16.0 Å². The lowest BCUT2D eigenvalue weighted by atomic mass is 10.1. The number of hydrogen-bond acceptors (Lipinski definition) is 4. The molecular weight excluding hydrogens is 604 g/mol. The maximum absolute atomic E-state index is 13.9. The Kier molecular flexibility index (Phi) is 8.92. The van der Waals surface area contributed by atoms with Gasteiger partial charge in [0.1, 0.15) is 5.37 Å². The number of hydrogen-bond donors (Lipinski definition) is 3. The van der Waals surface area contributed by atoms with Crippen molar-refractivity contribution < 1.29 is 14.4 Å². The summed E-state index contributed by atoms with van der Waals surface area (Å²) >= 11 is 7.79. The number of thioether (sulfide) groups is 1. The highest BCUT2D eigenvalue weighted by Crippen LogP contribution is 2.47. The molecule has 1 fully saturated rings. The van der Waals surface area contributed by atoms with Gasteiger partial charge in [0.05, 0.1) is 15.8 Å². The van der Waals surface area contributed by atoms with Crippen molar-refractivity contribution in [3.63, 3.8) is 0 Å². The summed E-state index contributed by atoms with van der Waals surface area (Å²) in [5.41, 5.74) is 10.9. The van der Waals surface area contributed by atoms with Crippen LogP contribution in [0.25, 0.3) is 10.9 Å². The SMILES string of the molecule is NC(=O)c1ccc(N2C(=O)[C@@H](CC(=O)NCCc3c[nH]c4ccccc34)S[C@H]2c2ccc(C#Cc3ccccc3)cc2)cc1Cl. The molecule has 9 heteroatoms. The van der Waals surface area contributed by atoms with Crippen LogP contribution < -0.4 is 16.0 Å². The van der Waals surface area contributed by atoms with Gasteiger partial charge in [0.25, 0.3) is 0 Å². The van der Waals surface area contributed by atoms with Crippen molar-refractivity contribution >= 4 is 57.7 Å². The van der Waals surface area contributed by atoms with Crippen LogP contribution in [0.5, 0.6) is 0 Å². The Hall–Kier alpha value is -4.97. The van der Waals surface area contributed by atoms with Crippen molar-refractivity contribution in [2.45, 2.75) is 23.5 Å². The Morgan fingerprint density at radius 3 is 2.38 bits per heavy atom. The Bertz CT molecular complexity index is 1950. The molecule has 4 N–H and O–H groups in total. The van der Waals surface area contributed by atoms with Crippen LogP contribution in [0.3, 0.4) is 0 Å². The van der Waals surface area contributed by atoms with Crippen molar-refractivity contribution in [3.8, 4) is 11.8 Å². The van der Waals surface area contributed by atoms with Crippen LogP contribution in [0.2, 0.25) is 5.02 Å². The molecule has 0 spiro atoms. The fourth-order valence-corrected chi connectivity index (χ4v) is 7.06. The second-order valence-electron chi connectivity index (χ2n) is 10.6. The fraction of sp³-hybridized carbons (Fsp3) is 0.139. The molecule has 2 heterocycles. The van der Waals surface area contributed by atoms with Gasteiger partial charge in [-0.1, -0.05) is 72.0 Å². The maximum atomic E-state index is 13.9. The number of anilines is 1. The van der Waals surface area contributed by atoms with E-state index in [0.717, 1.165) is 33.2 Å². The minimum absolute atomic E-state index is 0.0259. The van der Waals surface area contributed by atoms with Crippen molar-refractivity contribution in [3.05, 3.63) is 136 Å². The van der Waals surface area contributed by atoms with Gasteiger partial charge in [-0.2, -0.15) is 0 Å². The third-order valence-corrected chi connectivity index (χ3v) is 9.37.